The van der Waals surface area contributed by atoms with Gasteiger partial charge < -0.3 is 4.48 Å². The molecule has 1 aliphatic rings. The van der Waals surface area contributed by atoms with E-state index in [1.165, 1.54) is 32.4 Å². The third-order valence-corrected chi connectivity index (χ3v) is 4.62. The van der Waals surface area contributed by atoms with Crippen LogP contribution in [0.25, 0.3) is 0 Å². The van der Waals surface area contributed by atoms with Crippen molar-refractivity contribution in [2.24, 2.45) is 0 Å². The van der Waals surface area contributed by atoms with E-state index in [2.05, 4.69) is 6.92 Å². The van der Waals surface area contributed by atoms with Gasteiger partial charge in [0.25, 0.3) is 0 Å². The molecular formula is C13H20NOS+. The molecule has 0 atom stereocenters. The molecule has 1 saturated heterocycles. The normalized spacial score (nSPS) is 19.6. The Morgan fingerprint density at radius 3 is 2.69 bits per heavy atom. The third kappa shape index (κ3) is 2.53. The molecule has 0 unspecified atom stereocenters. The number of hydrogen-bond acceptors (Lipinski definition) is 2. The van der Waals surface area contributed by atoms with E-state index in [1.807, 2.05) is 17.5 Å². The lowest BCUT2D eigenvalue weighted by Crippen LogP contribution is -2.53. The van der Waals surface area contributed by atoms with Gasteiger partial charge in [0, 0.05) is 0 Å². The summed E-state index contributed by atoms with van der Waals surface area (Å²) in [6.45, 7) is 6.39. The molecule has 0 saturated carbocycles. The number of ketones is 1. The van der Waals surface area contributed by atoms with Gasteiger partial charge >= 0.3 is 0 Å². The molecule has 1 aromatic heterocycles. The summed E-state index contributed by atoms with van der Waals surface area (Å²) >= 11 is 1.57. The highest BCUT2D eigenvalue weighted by atomic mass is 32.1. The number of Topliss-reactive ketones (excluding diaryl/α,β-unsaturated/α-hetero) is 1. The molecule has 1 aliphatic heterocycles. The number of likely N-dealkylation sites (N-methyl/N-ethyl adjacent to an activating group) is 1. The van der Waals surface area contributed by atoms with E-state index in [4.69, 9.17) is 0 Å². The Hall–Kier alpha value is -0.670. The lowest BCUT2D eigenvalue weighted by Gasteiger charge is -2.40. The van der Waals surface area contributed by atoms with Crippen molar-refractivity contribution in [3.05, 3.63) is 22.4 Å². The molecule has 16 heavy (non-hydrogen) atoms. The van der Waals surface area contributed by atoms with E-state index in [9.17, 15) is 4.79 Å². The number of carbonyl (C=O) groups excluding carboxylic acids is 1. The Kier molecular flexibility index (Phi) is 3.77. The first-order chi connectivity index (χ1) is 7.76. The lowest BCUT2D eigenvalue weighted by atomic mass is 10.1. The predicted octanol–water partition coefficient (Wildman–Crippen LogP) is 2.95. The van der Waals surface area contributed by atoms with Crippen LogP contribution >= 0.6 is 11.3 Å². The van der Waals surface area contributed by atoms with Crippen molar-refractivity contribution in [3.8, 4) is 0 Å². The highest BCUT2D eigenvalue weighted by Crippen LogP contribution is 2.20. The van der Waals surface area contributed by atoms with Crippen LogP contribution in [0.1, 0.15) is 35.9 Å². The van der Waals surface area contributed by atoms with Gasteiger partial charge in [-0.05, 0) is 37.6 Å². The number of rotatable bonds is 4. The zero-order valence-corrected chi connectivity index (χ0v) is 10.8. The van der Waals surface area contributed by atoms with Crippen LogP contribution in [0.4, 0.5) is 0 Å². The van der Waals surface area contributed by atoms with E-state index < -0.39 is 0 Å². The molecule has 2 rings (SSSR count). The average molecular weight is 238 g/mol. The quantitative estimate of drug-likeness (QED) is 0.582. The van der Waals surface area contributed by atoms with Crippen molar-refractivity contribution in [1.82, 2.24) is 0 Å². The van der Waals surface area contributed by atoms with Crippen LogP contribution in [0.3, 0.4) is 0 Å². The molecule has 1 aromatic rings. The fraction of sp³-hybridized carbons (Fsp3) is 0.615. The van der Waals surface area contributed by atoms with Crippen LogP contribution in [0, 0.1) is 0 Å². The Balaban J connectivity index is 2.03. The SMILES string of the molecule is CC[N+]1(CC(=O)c2cccs2)CCCCC1. The molecule has 0 N–H and O–H groups in total. The first kappa shape index (κ1) is 11.8. The number of carbonyl (C=O) groups is 1. The molecule has 0 aliphatic carbocycles. The minimum absolute atomic E-state index is 0.332. The predicted molar refractivity (Wildman–Crippen MR) is 67.9 cm³/mol. The van der Waals surface area contributed by atoms with Crippen LogP contribution in [0.2, 0.25) is 0 Å². The van der Waals surface area contributed by atoms with Crippen molar-refractivity contribution in [2.75, 3.05) is 26.2 Å². The number of quaternary nitrogens is 1. The van der Waals surface area contributed by atoms with Gasteiger partial charge in [-0.1, -0.05) is 6.07 Å². The van der Waals surface area contributed by atoms with Crippen LogP contribution in [-0.2, 0) is 0 Å². The number of thiophene rings is 1. The molecule has 88 valence electrons. The fourth-order valence-electron chi connectivity index (χ4n) is 2.59. The standard InChI is InChI=1S/C13H20NOS/c1-2-14(8-4-3-5-9-14)11-12(15)13-7-6-10-16-13/h6-7,10H,2-5,8-9,11H2,1H3/q+1. The average Bonchev–Trinajstić information content (AvgIpc) is 2.84. The maximum absolute atomic E-state index is 12.1. The van der Waals surface area contributed by atoms with E-state index in [1.54, 1.807) is 11.3 Å². The van der Waals surface area contributed by atoms with Gasteiger partial charge in [0.05, 0.1) is 24.5 Å². The Labute approximate surface area is 101 Å². The minimum atomic E-state index is 0.332. The zero-order valence-electron chi connectivity index (χ0n) is 9.95. The second kappa shape index (κ2) is 5.11. The van der Waals surface area contributed by atoms with Crippen molar-refractivity contribution < 1.29 is 9.28 Å². The van der Waals surface area contributed by atoms with Gasteiger partial charge in [0.2, 0.25) is 5.78 Å². The van der Waals surface area contributed by atoms with Gasteiger partial charge in [-0.15, -0.1) is 11.3 Å². The summed E-state index contributed by atoms with van der Waals surface area (Å²) in [6, 6.07) is 3.91. The van der Waals surface area contributed by atoms with Gasteiger partial charge in [-0.3, -0.25) is 4.79 Å². The Morgan fingerprint density at radius 1 is 1.38 bits per heavy atom. The number of nitrogens with zero attached hydrogens (tertiary/aromatic N) is 1. The van der Waals surface area contributed by atoms with Crippen molar-refractivity contribution in [3.63, 3.8) is 0 Å². The molecule has 0 amide bonds. The van der Waals surface area contributed by atoms with E-state index in [0.29, 0.717) is 12.3 Å². The molecule has 0 radical (unpaired) electrons. The molecule has 3 heteroatoms. The van der Waals surface area contributed by atoms with Gasteiger partial charge in [0.15, 0.2) is 0 Å². The minimum Gasteiger partial charge on any atom is -0.317 e. The van der Waals surface area contributed by atoms with Crippen LogP contribution < -0.4 is 0 Å². The first-order valence-corrected chi connectivity index (χ1v) is 7.05. The number of hydrogen-bond donors (Lipinski definition) is 0. The Bertz CT molecular complexity index is 339. The summed E-state index contributed by atoms with van der Waals surface area (Å²) in [6.07, 6.45) is 3.91. The van der Waals surface area contributed by atoms with Crippen LogP contribution in [-0.4, -0.2) is 36.4 Å². The summed E-state index contributed by atoms with van der Waals surface area (Å²) in [4.78, 5) is 13.1. The maximum atomic E-state index is 12.1. The van der Waals surface area contributed by atoms with E-state index >= 15 is 0 Å². The third-order valence-electron chi connectivity index (χ3n) is 3.71. The summed E-state index contributed by atoms with van der Waals surface area (Å²) in [5, 5.41) is 1.99. The second-order valence-electron chi connectivity index (χ2n) is 4.72. The molecule has 0 spiro atoms. The van der Waals surface area contributed by atoms with Crippen LogP contribution in [0.5, 0.6) is 0 Å². The monoisotopic (exact) mass is 238 g/mol. The van der Waals surface area contributed by atoms with E-state index in [-0.39, 0.29) is 0 Å². The zero-order chi connectivity index (χ0) is 11.4. The number of piperidine rings is 1. The largest absolute Gasteiger partial charge is 0.317 e. The topological polar surface area (TPSA) is 17.1 Å². The van der Waals surface area contributed by atoms with Crippen LogP contribution in [0.15, 0.2) is 17.5 Å². The molecule has 2 heterocycles. The first-order valence-electron chi connectivity index (χ1n) is 6.17. The highest BCUT2D eigenvalue weighted by Gasteiger charge is 2.31. The smallest absolute Gasteiger partial charge is 0.226 e. The van der Waals surface area contributed by atoms with Crippen molar-refractivity contribution in [2.45, 2.75) is 26.2 Å². The summed E-state index contributed by atoms with van der Waals surface area (Å²) in [5.74, 6) is 0.332. The van der Waals surface area contributed by atoms with Gasteiger partial charge in [-0.2, -0.15) is 0 Å². The molecule has 0 bridgehead atoms. The maximum Gasteiger partial charge on any atom is 0.226 e. The molecule has 2 nitrogen and oxygen atoms in total. The molecule has 0 aromatic carbocycles. The van der Waals surface area contributed by atoms with E-state index in [0.717, 1.165) is 15.9 Å². The van der Waals surface area contributed by atoms with Crippen molar-refractivity contribution in [1.29, 1.82) is 0 Å². The summed E-state index contributed by atoms with van der Waals surface area (Å²) in [7, 11) is 0. The second-order valence-corrected chi connectivity index (χ2v) is 5.67. The molecule has 1 fully saturated rings. The van der Waals surface area contributed by atoms with Gasteiger partial charge in [0.1, 0.15) is 6.54 Å². The Morgan fingerprint density at radius 2 is 2.12 bits per heavy atom. The summed E-state index contributed by atoms with van der Waals surface area (Å²) < 4.78 is 1.01. The molecular weight excluding hydrogens is 218 g/mol. The number of likely N-dealkylation sites (tertiary alicyclic amines) is 1. The van der Waals surface area contributed by atoms with Gasteiger partial charge in [-0.25, -0.2) is 0 Å². The summed E-state index contributed by atoms with van der Waals surface area (Å²) in [5.41, 5.74) is 0. The highest BCUT2D eigenvalue weighted by molar-refractivity contribution is 7.12. The van der Waals surface area contributed by atoms with Crippen molar-refractivity contribution >= 4 is 17.1 Å². The fourth-order valence-corrected chi connectivity index (χ4v) is 3.25. The lowest BCUT2D eigenvalue weighted by molar-refractivity contribution is -0.923.